The molecule has 17 heteroatoms. The molecule has 5 aromatic rings. The minimum atomic E-state index is -4.45. The number of anilines is 1. The van der Waals surface area contributed by atoms with E-state index in [9.17, 15) is 41.9 Å². The van der Waals surface area contributed by atoms with Crippen molar-refractivity contribution in [2.75, 3.05) is 11.3 Å². The fraction of sp³-hybridized carbons (Fsp3) is 0.152. The summed E-state index contributed by atoms with van der Waals surface area (Å²) in [4.78, 5) is 66.4. The Bertz CT molecular complexity index is 2380. The number of nitrogens with one attached hydrogen (secondary N) is 3. The number of rotatable bonds is 11. The maximum Gasteiger partial charge on any atom is 0.335 e. The van der Waals surface area contributed by atoms with E-state index in [-0.39, 0.29) is 28.0 Å². The fourth-order valence-corrected chi connectivity index (χ4v) is 6.08. The Balaban J connectivity index is 1.31. The molecule has 0 saturated heterocycles. The smallest absolute Gasteiger partial charge is 0.335 e. The SMILES string of the molecule is CCNC(=O)c1ccc(S(=O)(=O)Nc2cc(F)c(C(=O)N[C@@H](Cc3ccc(-n4c(=O)c5ccncc5n(C)c4=O)cc3)C(=O)O)cc2F)cc1. The maximum absolute atomic E-state index is 15.0. The first-order valence-corrected chi connectivity index (χ1v) is 16.3. The van der Waals surface area contributed by atoms with E-state index in [1.807, 2.05) is 4.72 Å². The minimum absolute atomic E-state index is 0.179. The van der Waals surface area contributed by atoms with Gasteiger partial charge in [0.05, 0.1) is 38.9 Å². The van der Waals surface area contributed by atoms with Gasteiger partial charge in [-0.3, -0.25) is 28.7 Å². The summed E-state index contributed by atoms with van der Waals surface area (Å²) >= 11 is 0. The number of nitrogens with zero attached hydrogens (tertiary/aromatic N) is 3. The van der Waals surface area contributed by atoms with E-state index in [0.29, 0.717) is 29.8 Å². The molecule has 5 rings (SSSR count). The predicted octanol–water partition coefficient (Wildman–Crippen LogP) is 2.34. The first kappa shape index (κ1) is 35.1. The van der Waals surface area contributed by atoms with Gasteiger partial charge in [0.2, 0.25) is 0 Å². The van der Waals surface area contributed by atoms with Gasteiger partial charge in [0, 0.05) is 37.8 Å². The lowest BCUT2D eigenvalue weighted by Crippen LogP contribution is -2.42. The molecule has 0 aliphatic carbocycles. The van der Waals surface area contributed by atoms with Crippen LogP contribution in [0.5, 0.6) is 0 Å². The van der Waals surface area contributed by atoms with Gasteiger partial charge in [0.1, 0.15) is 17.7 Å². The van der Waals surface area contributed by atoms with Crippen LogP contribution in [0.2, 0.25) is 0 Å². The van der Waals surface area contributed by atoms with Crippen molar-refractivity contribution in [3.05, 3.63) is 128 Å². The van der Waals surface area contributed by atoms with Gasteiger partial charge in [0.25, 0.3) is 27.4 Å². The van der Waals surface area contributed by atoms with E-state index >= 15 is 4.39 Å². The van der Waals surface area contributed by atoms with Crippen LogP contribution >= 0.6 is 0 Å². The molecular formula is C33H28F2N6O8S. The van der Waals surface area contributed by atoms with Crippen molar-refractivity contribution in [2.45, 2.75) is 24.3 Å². The molecule has 258 valence electrons. The van der Waals surface area contributed by atoms with Gasteiger partial charge in [-0.1, -0.05) is 12.1 Å². The van der Waals surface area contributed by atoms with Crippen molar-refractivity contribution in [1.82, 2.24) is 24.8 Å². The van der Waals surface area contributed by atoms with Crippen molar-refractivity contribution in [3.63, 3.8) is 0 Å². The molecule has 0 fully saturated rings. The van der Waals surface area contributed by atoms with Crippen molar-refractivity contribution >= 4 is 44.4 Å². The molecule has 0 spiro atoms. The van der Waals surface area contributed by atoms with E-state index in [1.54, 1.807) is 6.92 Å². The number of carbonyl (C=O) groups excluding carboxylic acids is 2. The molecule has 1 atom stereocenters. The summed E-state index contributed by atoms with van der Waals surface area (Å²) in [5.74, 6) is -5.90. The van der Waals surface area contributed by atoms with Gasteiger partial charge >= 0.3 is 11.7 Å². The molecular weight excluding hydrogens is 678 g/mol. The van der Waals surface area contributed by atoms with Crippen LogP contribution in [0.1, 0.15) is 33.2 Å². The van der Waals surface area contributed by atoms with Crippen LogP contribution in [0.3, 0.4) is 0 Å². The summed E-state index contributed by atoms with van der Waals surface area (Å²) in [6.45, 7) is 2.06. The second kappa shape index (κ2) is 14.1. The van der Waals surface area contributed by atoms with E-state index in [2.05, 4.69) is 15.6 Å². The number of halogens is 2. The Morgan fingerprint density at radius 2 is 1.62 bits per heavy atom. The molecule has 2 heterocycles. The standard InChI is InChI=1S/C33H28F2N6O8S/c1-3-37-29(42)19-6-10-21(11-7-19)50(48,49)39-26-16-24(34)23(15-25(26)35)30(43)38-27(32(45)46)14-18-4-8-20(9-5-18)41-31(44)22-12-13-36-17-28(22)40(2)33(41)47/h4-13,15-17,27,39H,3,14H2,1-2H3,(H,37,42)(H,38,43)(H,45,46)/t27-/m0/s1. The highest BCUT2D eigenvalue weighted by atomic mass is 32.2. The average Bonchev–Trinajstić information content (AvgIpc) is 3.09. The first-order chi connectivity index (χ1) is 23.7. The number of carboxylic acids is 1. The van der Waals surface area contributed by atoms with Crippen LogP contribution in [0, 0.1) is 11.6 Å². The normalized spacial score (nSPS) is 11.9. The highest BCUT2D eigenvalue weighted by molar-refractivity contribution is 7.92. The maximum atomic E-state index is 15.0. The predicted molar refractivity (Wildman–Crippen MR) is 177 cm³/mol. The zero-order valence-corrected chi connectivity index (χ0v) is 27.1. The minimum Gasteiger partial charge on any atom is -0.480 e. The number of aromatic nitrogens is 3. The highest BCUT2D eigenvalue weighted by Crippen LogP contribution is 2.24. The zero-order chi connectivity index (χ0) is 36.3. The van der Waals surface area contributed by atoms with Crippen LogP contribution in [0.4, 0.5) is 14.5 Å². The lowest BCUT2D eigenvalue weighted by atomic mass is 10.0. The molecule has 0 radical (unpaired) electrons. The third-order valence-corrected chi connectivity index (χ3v) is 9.00. The number of fused-ring (bicyclic) bond motifs is 1. The number of aryl methyl sites for hydroxylation is 1. The molecule has 0 saturated carbocycles. The number of pyridine rings is 1. The quantitative estimate of drug-likeness (QED) is 0.159. The number of hydrogen-bond acceptors (Lipinski definition) is 8. The molecule has 14 nitrogen and oxygen atoms in total. The topological polar surface area (TPSA) is 199 Å². The lowest BCUT2D eigenvalue weighted by Gasteiger charge is -2.16. The summed E-state index contributed by atoms with van der Waals surface area (Å²) in [7, 11) is -2.97. The number of carbonyl (C=O) groups is 3. The third kappa shape index (κ3) is 7.12. The molecule has 0 aliphatic heterocycles. The Morgan fingerprint density at radius 1 is 0.940 bits per heavy atom. The molecule has 0 aliphatic rings. The first-order valence-electron chi connectivity index (χ1n) is 14.8. The number of hydrogen-bond donors (Lipinski definition) is 4. The van der Waals surface area contributed by atoms with Gasteiger partial charge in [-0.15, -0.1) is 0 Å². The van der Waals surface area contributed by atoms with E-state index in [1.165, 1.54) is 66.5 Å². The number of aliphatic carboxylic acids is 1. The Morgan fingerprint density at radius 3 is 2.26 bits per heavy atom. The van der Waals surface area contributed by atoms with Crippen LogP contribution < -0.4 is 26.6 Å². The monoisotopic (exact) mass is 706 g/mol. The third-order valence-electron chi connectivity index (χ3n) is 7.62. The lowest BCUT2D eigenvalue weighted by molar-refractivity contribution is -0.139. The van der Waals surface area contributed by atoms with Crippen LogP contribution in [-0.2, 0) is 28.3 Å². The van der Waals surface area contributed by atoms with Gasteiger partial charge in [-0.2, -0.15) is 0 Å². The Kier molecular flexibility index (Phi) is 9.89. The van der Waals surface area contributed by atoms with E-state index < -0.39 is 68.0 Å². The molecule has 50 heavy (non-hydrogen) atoms. The van der Waals surface area contributed by atoms with Crippen molar-refractivity contribution in [2.24, 2.45) is 7.05 Å². The summed E-state index contributed by atoms with van der Waals surface area (Å²) in [5.41, 5.74) is -1.88. The van der Waals surface area contributed by atoms with Crippen molar-refractivity contribution in [3.8, 4) is 5.69 Å². The summed E-state index contributed by atoms with van der Waals surface area (Å²) in [6.07, 6.45) is 2.48. The van der Waals surface area contributed by atoms with Gasteiger partial charge in [-0.05, 0) is 61.0 Å². The molecule has 3 aromatic carbocycles. The number of amides is 2. The highest BCUT2D eigenvalue weighted by Gasteiger charge is 2.26. The second-order valence-corrected chi connectivity index (χ2v) is 12.6. The van der Waals surface area contributed by atoms with Crippen molar-refractivity contribution in [1.29, 1.82) is 0 Å². The average molecular weight is 707 g/mol. The summed E-state index contributed by atoms with van der Waals surface area (Å²) < 4.78 is 59.7. The Labute approximate surface area is 282 Å². The summed E-state index contributed by atoms with van der Waals surface area (Å²) in [6, 6.07) is 11.1. The van der Waals surface area contributed by atoms with Crippen LogP contribution in [0.15, 0.2) is 93.6 Å². The zero-order valence-electron chi connectivity index (χ0n) is 26.3. The molecule has 0 bridgehead atoms. The number of sulfonamides is 1. The van der Waals surface area contributed by atoms with Gasteiger partial charge in [-0.25, -0.2) is 31.4 Å². The largest absolute Gasteiger partial charge is 0.480 e. The van der Waals surface area contributed by atoms with E-state index in [4.69, 9.17) is 0 Å². The van der Waals surface area contributed by atoms with Crippen molar-refractivity contribution < 1.29 is 36.7 Å². The van der Waals surface area contributed by atoms with Crippen LogP contribution in [-0.4, -0.2) is 58.0 Å². The number of benzene rings is 3. The Hall–Kier alpha value is -6.23. The molecule has 2 aromatic heterocycles. The second-order valence-electron chi connectivity index (χ2n) is 10.9. The molecule has 4 N–H and O–H groups in total. The summed E-state index contributed by atoms with van der Waals surface area (Å²) in [5, 5.41) is 14.7. The van der Waals surface area contributed by atoms with E-state index in [0.717, 1.165) is 16.7 Å². The molecule has 0 unspecified atom stereocenters. The van der Waals surface area contributed by atoms with Gasteiger partial charge < -0.3 is 15.7 Å². The number of carboxylic acid groups (broad SMARTS) is 1. The molecule has 2 amide bonds. The van der Waals surface area contributed by atoms with Crippen LogP contribution in [0.25, 0.3) is 16.6 Å². The van der Waals surface area contributed by atoms with Gasteiger partial charge in [0.15, 0.2) is 0 Å². The fourth-order valence-electron chi connectivity index (χ4n) is 5.03.